The average molecular weight is 310 g/mol. The van der Waals surface area contributed by atoms with E-state index < -0.39 is 11.6 Å². The second-order valence-electron chi connectivity index (χ2n) is 5.96. The Hall–Kier alpha value is -1.07. The van der Waals surface area contributed by atoms with Crippen LogP contribution in [0.3, 0.4) is 0 Å². The monoisotopic (exact) mass is 309 g/mol. The first-order valence-electron chi connectivity index (χ1n) is 7.19. The molecule has 4 nitrogen and oxygen atoms in total. The molecule has 0 saturated carbocycles. The molecule has 0 aliphatic carbocycles. The first-order valence-corrected chi connectivity index (χ1v) is 7.57. The van der Waals surface area contributed by atoms with E-state index in [4.69, 9.17) is 20.8 Å². The molecule has 0 spiro atoms. The quantitative estimate of drug-likeness (QED) is 0.945. The number of ether oxygens (including phenoxy) is 1. The van der Waals surface area contributed by atoms with Crippen molar-refractivity contribution in [3.05, 3.63) is 35.0 Å². The van der Waals surface area contributed by atoms with Gasteiger partial charge in [0.25, 0.3) is 0 Å². The second kappa shape index (κ2) is 5.61. The lowest BCUT2D eigenvalue weighted by atomic mass is 9.92. The highest BCUT2D eigenvalue weighted by atomic mass is 35.5. The summed E-state index contributed by atoms with van der Waals surface area (Å²) in [6.45, 7) is 7.07. The molecule has 1 fully saturated rings. The molecule has 21 heavy (non-hydrogen) atoms. The molecule has 1 saturated heterocycles. The van der Waals surface area contributed by atoms with E-state index in [0.29, 0.717) is 29.6 Å². The standard InChI is InChI=1S/C16H20ClNO3/c1-16(2,18-6-8-20-9-7-18)15(19)13-10-11-4-3-5-12(17)14(11)21-13/h3-5,10,15,19H,6-9H2,1-2H3. The molecule has 1 aromatic heterocycles. The van der Waals surface area contributed by atoms with E-state index in [1.165, 1.54) is 0 Å². The van der Waals surface area contributed by atoms with E-state index in [1.807, 2.05) is 32.0 Å². The SMILES string of the molecule is CC(C)(C(O)c1cc2cccc(Cl)c2o1)N1CCOCC1. The Kier molecular flexibility index (Phi) is 3.97. The fraction of sp³-hybridized carbons (Fsp3) is 0.500. The van der Waals surface area contributed by atoms with Crippen LogP contribution in [0, 0.1) is 0 Å². The summed E-state index contributed by atoms with van der Waals surface area (Å²) < 4.78 is 11.2. The minimum Gasteiger partial charge on any atom is -0.457 e. The van der Waals surface area contributed by atoms with Crippen LogP contribution >= 0.6 is 11.6 Å². The van der Waals surface area contributed by atoms with Gasteiger partial charge in [-0.1, -0.05) is 23.7 Å². The second-order valence-corrected chi connectivity index (χ2v) is 6.37. The molecule has 0 bridgehead atoms. The zero-order chi connectivity index (χ0) is 15.0. The van der Waals surface area contributed by atoms with E-state index in [0.717, 1.165) is 18.5 Å². The summed E-state index contributed by atoms with van der Waals surface area (Å²) in [4.78, 5) is 2.23. The van der Waals surface area contributed by atoms with Crippen LogP contribution in [-0.4, -0.2) is 41.8 Å². The lowest BCUT2D eigenvalue weighted by Gasteiger charge is -2.43. The fourth-order valence-electron chi connectivity index (χ4n) is 2.84. The molecule has 2 heterocycles. The first kappa shape index (κ1) is 14.9. The number of nitrogens with zero attached hydrogens (tertiary/aromatic N) is 1. The molecule has 0 radical (unpaired) electrons. The normalized spacial score (nSPS) is 19.0. The number of benzene rings is 1. The zero-order valence-corrected chi connectivity index (χ0v) is 13.1. The number of halogens is 1. The predicted octanol–water partition coefficient (Wildman–Crippen LogP) is 3.23. The molecule has 2 aromatic rings. The molecule has 0 amide bonds. The number of furan rings is 1. The number of rotatable bonds is 3. The Balaban J connectivity index is 1.91. The molecule has 1 aliphatic heterocycles. The number of aliphatic hydroxyl groups is 1. The highest BCUT2D eigenvalue weighted by molar-refractivity contribution is 6.34. The third-order valence-corrected chi connectivity index (χ3v) is 4.58. The van der Waals surface area contributed by atoms with Gasteiger partial charge in [-0.2, -0.15) is 0 Å². The maximum Gasteiger partial charge on any atom is 0.152 e. The number of hydrogen-bond acceptors (Lipinski definition) is 4. The van der Waals surface area contributed by atoms with Crippen molar-refractivity contribution in [2.75, 3.05) is 26.3 Å². The molecule has 1 atom stereocenters. The molecule has 114 valence electrons. The van der Waals surface area contributed by atoms with Crippen molar-refractivity contribution in [3.63, 3.8) is 0 Å². The number of fused-ring (bicyclic) bond motifs is 1. The van der Waals surface area contributed by atoms with Crippen LogP contribution in [0.15, 0.2) is 28.7 Å². The van der Waals surface area contributed by atoms with Crippen LogP contribution in [-0.2, 0) is 4.74 Å². The van der Waals surface area contributed by atoms with Crippen LogP contribution in [0.2, 0.25) is 5.02 Å². The molecule has 1 aromatic carbocycles. The molecule has 1 unspecified atom stereocenters. The van der Waals surface area contributed by atoms with Crippen LogP contribution in [0.5, 0.6) is 0 Å². The summed E-state index contributed by atoms with van der Waals surface area (Å²) in [7, 11) is 0. The molecule has 5 heteroatoms. The van der Waals surface area contributed by atoms with Crippen molar-refractivity contribution in [2.45, 2.75) is 25.5 Å². The van der Waals surface area contributed by atoms with Crippen molar-refractivity contribution in [1.29, 1.82) is 0 Å². The van der Waals surface area contributed by atoms with Gasteiger partial charge in [-0.15, -0.1) is 0 Å². The molecule has 1 aliphatic rings. The zero-order valence-electron chi connectivity index (χ0n) is 12.3. The number of aliphatic hydroxyl groups excluding tert-OH is 1. The Morgan fingerprint density at radius 1 is 1.29 bits per heavy atom. The summed E-state index contributed by atoms with van der Waals surface area (Å²) in [5, 5.41) is 12.2. The number of morpholine rings is 1. The Morgan fingerprint density at radius 3 is 2.67 bits per heavy atom. The smallest absolute Gasteiger partial charge is 0.152 e. The predicted molar refractivity (Wildman–Crippen MR) is 82.7 cm³/mol. The van der Waals surface area contributed by atoms with Gasteiger partial charge in [0.05, 0.1) is 18.2 Å². The van der Waals surface area contributed by atoms with Crippen molar-refractivity contribution >= 4 is 22.6 Å². The van der Waals surface area contributed by atoms with Crippen molar-refractivity contribution in [2.24, 2.45) is 0 Å². The maximum atomic E-state index is 10.8. The third kappa shape index (κ3) is 2.69. The van der Waals surface area contributed by atoms with Gasteiger partial charge in [0.1, 0.15) is 11.9 Å². The molecule has 3 rings (SSSR count). The van der Waals surface area contributed by atoms with E-state index in [1.54, 1.807) is 6.07 Å². The Morgan fingerprint density at radius 2 is 2.00 bits per heavy atom. The lowest BCUT2D eigenvalue weighted by molar-refractivity contribution is -0.0686. The number of hydrogen-bond donors (Lipinski definition) is 1. The Labute approximate surface area is 129 Å². The van der Waals surface area contributed by atoms with E-state index in [2.05, 4.69) is 4.90 Å². The highest BCUT2D eigenvalue weighted by Gasteiger charge is 2.38. The Bertz CT molecular complexity index is 631. The summed E-state index contributed by atoms with van der Waals surface area (Å²) in [6, 6.07) is 7.47. The molecule has 1 N–H and O–H groups in total. The van der Waals surface area contributed by atoms with Gasteiger partial charge in [-0.3, -0.25) is 4.90 Å². The summed E-state index contributed by atoms with van der Waals surface area (Å²) in [5.74, 6) is 0.551. The average Bonchev–Trinajstić information content (AvgIpc) is 2.93. The first-order chi connectivity index (χ1) is 10.00. The minimum atomic E-state index is -0.723. The fourth-order valence-corrected chi connectivity index (χ4v) is 3.06. The summed E-state index contributed by atoms with van der Waals surface area (Å²) in [5.41, 5.74) is 0.204. The topological polar surface area (TPSA) is 45.8 Å². The highest BCUT2D eigenvalue weighted by Crippen LogP contribution is 2.36. The van der Waals surface area contributed by atoms with E-state index >= 15 is 0 Å². The van der Waals surface area contributed by atoms with Crippen LogP contribution in [0.4, 0.5) is 0 Å². The van der Waals surface area contributed by atoms with Gasteiger partial charge in [0.2, 0.25) is 0 Å². The third-order valence-electron chi connectivity index (χ3n) is 4.28. The van der Waals surface area contributed by atoms with Gasteiger partial charge in [0.15, 0.2) is 5.58 Å². The minimum absolute atomic E-state index is 0.426. The van der Waals surface area contributed by atoms with E-state index in [9.17, 15) is 5.11 Å². The van der Waals surface area contributed by atoms with Crippen LogP contribution in [0.1, 0.15) is 25.7 Å². The van der Waals surface area contributed by atoms with Gasteiger partial charge < -0.3 is 14.3 Å². The molecular formula is C16H20ClNO3. The van der Waals surface area contributed by atoms with Gasteiger partial charge in [-0.25, -0.2) is 0 Å². The summed E-state index contributed by atoms with van der Waals surface area (Å²) >= 11 is 6.14. The van der Waals surface area contributed by atoms with Crippen molar-refractivity contribution < 1.29 is 14.3 Å². The van der Waals surface area contributed by atoms with Gasteiger partial charge >= 0.3 is 0 Å². The lowest BCUT2D eigenvalue weighted by Crippen LogP contribution is -2.53. The van der Waals surface area contributed by atoms with Gasteiger partial charge in [0, 0.05) is 24.0 Å². The van der Waals surface area contributed by atoms with Crippen molar-refractivity contribution in [1.82, 2.24) is 4.90 Å². The van der Waals surface area contributed by atoms with Crippen LogP contribution < -0.4 is 0 Å². The maximum absolute atomic E-state index is 10.8. The number of para-hydroxylation sites is 1. The molecular weight excluding hydrogens is 290 g/mol. The summed E-state index contributed by atoms with van der Waals surface area (Å²) in [6.07, 6.45) is -0.723. The van der Waals surface area contributed by atoms with Crippen LogP contribution in [0.25, 0.3) is 11.0 Å². The van der Waals surface area contributed by atoms with Gasteiger partial charge in [-0.05, 0) is 26.0 Å². The van der Waals surface area contributed by atoms with Crippen molar-refractivity contribution in [3.8, 4) is 0 Å². The van der Waals surface area contributed by atoms with E-state index in [-0.39, 0.29) is 0 Å². The largest absolute Gasteiger partial charge is 0.457 e.